The zero-order valence-electron chi connectivity index (χ0n) is 9.58. The fourth-order valence-corrected chi connectivity index (χ4v) is 2.49. The molecule has 0 fully saturated rings. The van der Waals surface area contributed by atoms with Crippen LogP contribution >= 0.6 is 22.9 Å². The van der Waals surface area contributed by atoms with Crippen LogP contribution in [-0.4, -0.2) is 27.6 Å². The molecule has 8 heteroatoms. The highest BCUT2D eigenvalue weighted by molar-refractivity contribution is 7.15. The van der Waals surface area contributed by atoms with Crippen molar-refractivity contribution in [2.24, 2.45) is 0 Å². The van der Waals surface area contributed by atoms with Gasteiger partial charge in [-0.1, -0.05) is 11.6 Å². The number of aromatic nitrogens is 2. The predicted octanol–water partition coefficient (Wildman–Crippen LogP) is 2.42. The van der Waals surface area contributed by atoms with Crippen LogP contribution in [0.5, 0.6) is 0 Å². The van der Waals surface area contributed by atoms with Gasteiger partial charge >= 0.3 is 5.97 Å². The van der Waals surface area contributed by atoms with Gasteiger partial charge in [-0.2, -0.15) is 0 Å². The number of nitrogens with zero attached hydrogens (tertiary/aromatic N) is 3. The molecule has 0 aliphatic rings. The Bertz CT molecular complexity index is 593. The zero-order valence-corrected chi connectivity index (χ0v) is 11.2. The Morgan fingerprint density at radius 1 is 1.53 bits per heavy atom. The van der Waals surface area contributed by atoms with E-state index >= 15 is 0 Å². The molecule has 0 spiro atoms. The first-order valence-electron chi connectivity index (χ1n) is 5.23. The standard InChI is InChI=1S/C11H9ClFN3O2S/c12-11-15-4-8(19-11)5-16(6-10(17)18)9-3-7(13)1-2-14-9/h1-4H,5-6H2,(H,17,18). The normalized spacial score (nSPS) is 10.4. The Labute approximate surface area is 117 Å². The average Bonchev–Trinajstić information content (AvgIpc) is 2.73. The summed E-state index contributed by atoms with van der Waals surface area (Å²) in [5.41, 5.74) is 0. The maximum atomic E-state index is 13.2. The molecule has 0 aromatic carbocycles. The van der Waals surface area contributed by atoms with Crippen molar-refractivity contribution >= 4 is 34.7 Å². The number of anilines is 1. The summed E-state index contributed by atoms with van der Waals surface area (Å²) in [5.74, 6) is -1.24. The molecule has 19 heavy (non-hydrogen) atoms. The minimum absolute atomic E-state index is 0.256. The van der Waals surface area contributed by atoms with Crippen LogP contribution in [-0.2, 0) is 11.3 Å². The van der Waals surface area contributed by atoms with Crippen LogP contribution in [0.25, 0.3) is 0 Å². The second-order valence-electron chi connectivity index (χ2n) is 3.66. The molecule has 0 saturated heterocycles. The molecule has 2 aromatic rings. The first-order valence-corrected chi connectivity index (χ1v) is 6.42. The SMILES string of the molecule is O=C(O)CN(Cc1cnc(Cl)s1)c1cc(F)ccn1. The second-order valence-corrected chi connectivity index (χ2v) is 5.36. The van der Waals surface area contributed by atoms with Crippen LogP contribution in [0.1, 0.15) is 4.88 Å². The predicted molar refractivity (Wildman–Crippen MR) is 70.0 cm³/mol. The van der Waals surface area contributed by atoms with Gasteiger partial charge in [-0.05, 0) is 6.07 Å². The summed E-state index contributed by atoms with van der Waals surface area (Å²) in [4.78, 5) is 20.9. The minimum Gasteiger partial charge on any atom is -0.480 e. The summed E-state index contributed by atoms with van der Waals surface area (Å²) in [6.07, 6.45) is 2.85. The molecule has 0 bridgehead atoms. The average molecular weight is 302 g/mol. The molecule has 0 radical (unpaired) electrons. The van der Waals surface area contributed by atoms with Crippen molar-refractivity contribution in [2.75, 3.05) is 11.4 Å². The number of thiazole rings is 1. The van der Waals surface area contributed by atoms with Crippen molar-refractivity contribution in [1.82, 2.24) is 9.97 Å². The molecular weight excluding hydrogens is 293 g/mol. The molecular formula is C11H9ClFN3O2S. The van der Waals surface area contributed by atoms with Crippen molar-refractivity contribution in [3.8, 4) is 0 Å². The molecule has 0 unspecified atom stereocenters. The van der Waals surface area contributed by atoms with Gasteiger partial charge in [-0.3, -0.25) is 4.79 Å². The van der Waals surface area contributed by atoms with Gasteiger partial charge in [0.2, 0.25) is 0 Å². The Kier molecular flexibility index (Phi) is 4.28. The quantitative estimate of drug-likeness (QED) is 0.918. The monoisotopic (exact) mass is 301 g/mol. The molecule has 5 nitrogen and oxygen atoms in total. The largest absolute Gasteiger partial charge is 0.480 e. The van der Waals surface area contributed by atoms with Crippen LogP contribution in [0.3, 0.4) is 0 Å². The number of halogens is 2. The van der Waals surface area contributed by atoms with E-state index in [1.807, 2.05) is 0 Å². The lowest BCUT2D eigenvalue weighted by molar-refractivity contribution is -0.135. The summed E-state index contributed by atoms with van der Waals surface area (Å²) in [5, 5.41) is 8.90. The fraction of sp³-hybridized carbons (Fsp3) is 0.182. The van der Waals surface area contributed by atoms with Gasteiger partial charge in [0.05, 0.1) is 6.54 Å². The number of hydrogen-bond donors (Lipinski definition) is 1. The Morgan fingerprint density at radius 2 is 2.32 bits per heavy atom. The molecule has 2 rings (SSSR count). The number of rotatable bonds is 5. The second kappa shape index (κ2) is 5.94. The number of pyridine rings is 1. The molecule has 0 amide bonds. The highest BCUT2D eigenvalue weighted by Crippen LogP contribution is 2.22. The van der Waals surface area contributed by atoms with Gasteiger partial charge in [-0.15, -0.1) is 11.3 Å². The van der Waals surface area contributed by atoms with Crippen LogP contribution in [0, 0.1) is 5.82 Å². The number of aliphatic carboxylic acids is 1. The van der Waals surface area contributed by atoms with Gasteiger partial charge in [0.1, 0.15) is 18.2 Å². The third kappa shape index (κ3) is 3.87. The maximum Gasteiger partial charge on any atom is 0.323 e. The number of hydrogen-bond acceptors (Lipinski definition) is 5. The molecule has 0 atom stereocenters. The van der Waals surface area contributed by atoms with Gasteiger partial charge in [-0.25, -0.2) is 14.4 Å². The van der Waals surface area contributed by atoms with Gasteiger partial charge in [0.15, 0.2) is 4.47 Å². The van der Waals surface area contributed by atoms with Gasteiger partial charge < -0.3 is 10.0 Å². The highest BCUT2D eigenvalue weighted by atomic mass is 35.5. The summed E-state index contributed by atoms with van der Waals surface area (Å²) >= 11 is 6.96. The van der Waals surface area contributed by atoms with E-state index in [-0.39, 0.29) is 18.9 Å². The topological polar surface area (TPSA) is 66.3 Å². The van der Waals surface area contributed by atoms with E-state index in [1.165, 1.54) is 34.6 Å². The lowest BCUT2D eigenvalue weighted by Gasteiger charge is -2.20. The van der Waals surface area contributed by atoms with Crippen LogP contribution in [0.2, 0.25) is 4.47 Å². The van der Waals surface area contributed by atoms with Gasteiger partial charge in [0.25, 0.3) is 0 Å². The molecule has 0 saturated carbocycles. The van der Waals surface area contributed by atoms with E-state index in [9.17, 15) is 9.18 Å². The lowest BCUT2D eigenvalue weighted by Crippen LogP contribution is -2.29. The number of carboxylic acid groups (broad SMARTS) is 1. The number of carbonyl (C=O) groups is 1. The summed E-state index contributed by atoms with van der Waals surface area (Å²) in [6, 6.07) is 2.39. The van der Waals surface area contributed by atoms with Crippen molar-refractivity contribution in [1.29, 1.82) is 0 Å². The molecule has 1 N–H and O–H groups in total. The molecule has 2 heterocycles. The highest BCUT2D eigenvalue weighted by Gasteiger charge is 2.14. The lowest BCUT2D eigenvalue weighted by atomic mass is 10.3. The summed E-state index contributed by atoms with van der Waals surface area (Å²) in [7, 11) is 0. The molecule has 2 aromatic heterocycles. The van der Waals surface area contributed by atoms with E-state index in [4.69, 9.17) is 16.7 Å². The summed E-state index contributed by atoms with van der Waals surface area (Å²) < 4.78 is 13.5. The number of carboxylic acids is 1. The van der Waals surface area contributed by atoms with Crippen molar-refractivity contribution in [3.05, 3.63) is 39.7 Å². The maximum absolute atomic E-state index is 13.2. The van der Waals surface area contributed by atoms with Crippen LogP contribution in [0.15, 0.2) is 24.5 Å². The Balaban J connectivity index is 2.22. The molecule has 0 aliphatic carbocycles. The van der Waals surface area contributed by atoms with Crippen molar-refractivity contribution in [3.63, 3.8) is 0 Å². The van der Waals surface area contributed by atoms with Gasteiger partial charge in [0, 0.05) is 23.3 Å². The molecule has 100 valence electrons. The van der Waals surface area contributed by atoms with E-state index < -0.39 is 11.8 Å². The Hall–Kier alpha value is -1.73. The van der Waals surface area contributed by atoms with Crippen molar-refractivity contribution in [2.45, 2.75) is 6.54 Å². The first-order chi connectivity index (χ1) is 9.04. The first kappa shape index (κ1) is 13.7. The Morgan fingerprint density at radius 3 is 2.89 bits per heavy atom. The fourth-order valence-electron chi connectivity index (χ4n) is 1.49. The zero-order chi connectivity index (χ0) is 13.8. The van der Waals surface area contributed by atoms with Crippen LogP contribution in [0.4, 0.5) is 10.2 Å². The van der Waals surface area contributed by atoms with E-state index in [0.29, 0.717) is 4.47 Å². The third-order valence-corrected chi connectivity index (χ3v) is 3.33. The molecule has 0 aliphatic heterocycles. The smallest absolute Gasteiger partial charge is 0.323 e. The minimum atomic E-state index is -1.03. The van der Waals surface area contributed by atoms with E-state index in [2.05, 4.69) is 9.97 Å². The van der Waals surface area contributed by atoms with E-state index in [1.54, 1.807) is 6.20 Å². The summed E-state index contributed by atoms with van der Waals surface area (Å²) in [6.45, 7) is -0.0287. The van der Waals surface area contributed by atoms with Crippen molar-refractivity contribution < 1.29 is 14.3 Å². The van der Waals surface area contributed by atoms with Crippen LogP contribution < -0.4 is 4.90 Å². The van der Waals surface area contributed by atoms with E-state index in [0.717, 1.165) is 4.88 Å². The third-order valence-electron chi connectivity index (χ3n) is 2.23.